The second-order valence-corrected chi connectivity index (χ2v) is 11.7. The summed E-state index contributed by atoms with van der Waals surface area (Å²) in [5.74, 6) is 2.14. The number of aromatic nitrogens is 2. The molecule has 2 aliphatic heterocycles. The molecule has 2 aromatic heterocycles. The van der Waals surface area contributed by atoms with Crippen LogP contribution in [-0.2, 0) is 9.47 Å². The van der Waals surface area contributed by atoms with Crippen LogP contribution in [0.5, 0.6) is 0 Å². The van der Waals surface area contributed by atoms with Gasteiger partial charge in [0, 0.05) is 88.3 Å². The van der Waals surface area contributed by atoms with Gasteiger partial charge in [-0.3, -0.25) is 19.8 Å². The number of fused-ring (bicyclic) bond motifs is 2. The minimum atomic E-state index is 0.853. The van der Waals surface area contributed by atoms with E-state index in [4.69, 9.17) is 19.4 Å². The number of morpholine rings is 2. The molecule has 4 heterocycles. The summed E-state index contributed by atoms with van der Waals surface area (Å²) in [5, 5.41) is 2.52. The molecule has 2 fully saturated rings. The molecular weight excluding hydrogens is 476 g/mol. The summed E-state index contributed by atoms with van der Waals surface area (Å²) in [7, 11) is 0. The Morgan fingerprint density at radius 3 is 1.54 bits per heavy atom. The van der Waals surface area contributed by atoms with Gasteiger partial charge in [0.25, 0.3) is 0 Å². The molecular formula is C27H36N4O2S2. The van der Waals surface area contributed by atoms with E-state index < -0.39 is 0 Å². The lowest BCUT2D eigenvalue weighted by atomic mass is 10.0. The number of rotatable bonds is 8. The minimum Gasteiger partial charge on any atom is -0.379 e. The maximum atomic E-state index is 5.50. The predicted molar refractivity (Wildman–Crippen MR) is 147 cm³/mol. The van der Waals surface area contributed by atoms with E-state index in [1.54, 1.807) is 0 Å². The van der Waals surface area contributed by atoms with Gasteiger partial charge in [-0.2, -0.15) is 0 Å². The average molecular weight is 513 g/mol. The zero-order valence-electron chi connectivity index (χ0n) is 21.1. The second kappa shape index (κ2) is 11.8. The fraction of sp³-hybridized carbons (Fsp3) is 0.556. The van der Waals surface area contributed by atoms with Gasteiger partial charge in [-0.25, -0.2) is 0 Å². The molecule has 35 heavy (non-hydrogen) atoms. The summed E-state index contributed by atoms with van der Waals surface area (Å²) in [5.41, 5.74) is 5.51. The molecule has 0 N–H and O–H groups in total. The fourth-order valence-corrected chi connectivity index (χ4v) is 7.14. The van der Waals surface area contributed by atoms with Crippen LogP contribution in [0, 0.1) is 20.8 Å². The van der Waals surface area contributed by atoms with Crippen LogP contribution < -0.4 is 0 Å². The molecule has 188 valence electrons. The molecule has 0 amide bonds. The van der Waals surface area contributed by atoms with Crippen molar-refractivity contribution >= 4 is 45.3 Å². The Hall–Kier alpha value is -1.42. The molecule has 0 aliphatic carbocycles. The van der Waals surface area contributed by atoms with Crippen LogP contribution in [0.4, 0.5) is 0 Å². The first kappa shape index (κ1) is 25.2. The molecule has 0 spiro atoms. The zero-order valence-corrected chi connectivity index (χ0v) is 22.8. The third-order valence-corrected chi connectivity index (χ3v) is 8.91. The van der Waals surface area contributed by atoms with E-state index in [9.17, 15) is 0 Å². The number of nitrogens with zero attached hydrogens (tertiary/aromatic N) is 4. The number of thioether (sulfide) groups is 2. The Kier molecular flexibility index (Phi) is 8.47. The van der Waals surface area contributed by atoms with E-state index in [1.165, 1.54) is 26.1 Å². The van der Waals surface area contributed by atoms with Crippen LogP contribution in [0.25, 0.3) is 21.8 Å². The normalized spacial score (nSPS) is 18.0. The Morgan fingerprint density at radius 1 is 0.686 bits per heavy atom. The van der Waals surface area contributed by atoms with Crippen LogP contribution in [0.1, 0.15) is 17.0 Å². The monoisotopic (exact) mass is 512 g/mol. The highest BCUT2D eigenvalue weighted by Crippen LogP contribution is 2.37. The standard InChI is InChI=1S/C27H36N4O2S2/c1-19-16-24(34-14-8-30-4-10-32-11-5-30)22-18-23-25(35-15-9-31-6-12-33-13-7-31)17-20(2)29-27(23)21(3)26(22)28-19/h16-18H,4-15H2,1-3H3. The summed E-state index contributed by atoms with van der Waals surface area (Å²) >= 11 is 3.90. The van der Waals surface area contributed by atoms with Crippen molar-refractivity contribution in [2.24, 2.45) is 0 Å². The highest BCUT2D eigenvalue weighted by molar-refractivity contribution is 7.99. The molecule has 0 atom stereocenters. The Bertz CT molecular complexity index is 1090. The number of ether oxygens (including phenoxy) is 2. The molecule has 0 radical (unpaired) electrons. The number of pyridine rings is 2. The molecule has 3 aromatic rings. The van der Waals surface area contributed by atoms with Crippen molar-refractivity contribution in [3.05, 3.63) is 35.2 Å². The van der Waals surface area contributed by atoms with E-state index in [0.717, 1.165) is 99.6 Å². The van der Waals surface area contributed by atoms with Crippen molar-refractivity contribution in [1.29, 1.82) is 0 Å². The Labute approximate surface area is 217 Å². The van der Waals surface area contributed by atoms with Crippen molar-refractivity contribution in [3.63, 3.8) is 0 Å². The topological polar surface area (TPSA) is 50.7 Å². The van der Waals surface area contributed by atoms with Crippen molar-refractivity contribution in [1.82, 2.24) is 19.8 Å². The Balaban J connectivity index is 1.42. The maximum Gasteiger partial charge on any atom is 0.0767 e. The van der Waals surface area contributed by atoms with Crippen LogP contribution in [0.2, 0.25) is 0 Å². The first-order valence-corrected chi connectivity index (χ1v) is 14.6. The Morgan fingerprint density at radius 2 is 1.11 bits per heavy atom. The molecule has 1 aromatic carbocycles. The van der Waals surface area contributed by atoms with E-state index in [2.05, 4.69) is 48.8 Å². The summed E-state index contributed by atoms with van der Waals surface area (Å²) in [4.78, 5) is 17.6. The summed E-state index contributed by atoms with van der Waals surface area (Å²) < 4.78 is 11.0. The minimum absolute atomic E-state index is 0.853. The number of aryl methyl sites for hydroxylation is 3. The van der Waals surface area contributed by atoms with Gasteiger partial charge in [0.1, 0.15) is 0 Å². The smallest absolute Gasteiger partial charge is 0.0767 e. The van der Waals surface area contributed by atoms with Crippen molar-refractivity contribution in [2.75, 3.05) is 77.2 Å². The average Bonchev–Trinajstić information content (AvgIpc) is 2.86. The van der Waals surface area contributed by atoms with Gasteiger partial charge in [-0.05, 0) is 39.0 Å². The lowest BCUT2D eigenvalue weighted by Gasteiger charge is -2.26. The van der Waals surface area contributed by atoms with Crippen LogP contribution in [0.3, 0.4) is 0 Å². The van der Waals surface area contributed by atoms with Crippen LogP contribution in [0.15, 0.2) is 28.0 Å². The van der Waals surface area contributed by atoms with Crippen LogP contribution >= 0.6 is 23.5 Å². The van der Waals surface area contributed by atoms with Gasteiger partial charge in [0.05, 0.1) is 37.5 Å². The van der Waals surface area contributed by atoms with E-state index >= 15 is 0 Å². The summed E-state index contributed by atoms with van der Waals surface area (Å²) in [6, 6.07) is 6.86. The van der Waals surface area contributed by atoms with Gasteiger partial charge >= 0.3 is 0 Å². The third kappa shape index (κ3) is 6.12. The predicted octanol–water partition coefficient (Wildman–Crippen LogP) is 4.56. The molecule has 5 rings (SSSR count). The largest absolute Gasteiger partial charge is 0.379 e. The summed E-state index contributed by atoms with van der Waals surface area (Å²) in [6.45, 7) is 16.1. The number of benzene rings is 1. The van der Waals surface area contributed by atoms with Crippen LogP contribution in [-0.4, -0.2) is 97.0 Å². The third-order valence-electron chi connectivity index (χ3n) is 6.83. The quantitative estimate of drug-likeness (QED) is 0.322. The highest BCUT2D eigenvalue weighted by Gasteiger charge is 2.17. The molecule has 0 saturated carbocycles. The molecule has 2 saturated heterocycles. The number of hydrogen-bond acceptors (Lipinski definition) is 8. The second-order valence-electron chi connectivity index (χ2n) is 9.42. The maximum absolute atomic E-state index is 5.50. The van der Waals surface area contributed by atoms with E-state index in [1.807, 2.05) is 23.5 Å². The first-order valence-electron chi connectivity index (χ1n) is 12.7. The number of hydrogen-bond donors (Lipinski definition) is 0. The van der Waals surface area contributed by atoms with Gasteiger partial charge in [-0.1, -0.05) is 0 Å². The summed E-state index contributed by atoms with van der Waals surface area (Å²) in [6.07, 6.45) is 0. The molecule has 0 bridgehead atoms. The lowest BCUT2D eigenvalue weighted by Crippen LogP contribution is -2.37. The molecule has 6 nitrogen and oxygen atoms in total. The molecule has 0 unspecified atom stereocenters. The van der Waals surface area contributed by atoms with Gasteiger partial charge < -0.3 is 9.47 Å². The molecule has 8 heteroatoms. The van der Waals surface area contributed by atoms with Crippen molar-refractivity contribution < 1.29 is 9.47 Å². The zero-order chi connectivity index (χ0) is 24.2. The SMILES string of the molecule is Cc1cc(SCCN2CCOCC2)c2cc3c(SCCN4CCOCC4)cc(C)nc3c(C)c2n1. The van der Waals surface area contributed by atoms with E-state index in [-0.39, 0.29) is 0 Å². The molecule has 2 aliphatic rings. The van der Waals surface area contributed by atoms with Crippen molar-refractivity contribution in [2.45, 2.75) is 30.6 Å². The van der Waals surface area contributed by atoms with E-state index in [0.29, 0.717) is 0 Å². The first-order chi connectivity index (χ1) is 17.1. The fourth-order valence-electron chi connectivity index (χ4n) is 4.87. The lowest BCUT2D eigenvalue weighted by molar-refractivity contribution is 0.0409. The highest BCUT2D eigenvalue weighted by atomic mass is 32.2. The van der Waals surface area contributed by atoms with Gasteiger partial charge in [-0.15, -0.1) is 23.5 Å². The van der Waals surface area contributed by atoms with Gasteiger partial charge in [0.2, 0.25) is 0 Å². The van der Waals surface area contributed by atoms with Crippen molar-refractivity contribution in [3.8, 4) is 0 Å². The van der Waals surface area contributed by atoms with Gasteiger partial charge in [0.15, 0.2) is 0 Å².